The number of aliphatic hydroxyl groups is 1. The Morgan fingerprint density at radius 3 is 2.47 bits per heavy atom. The summed E-state index contributed by atoms with van der Waals surface area (Å²) in [6, 6.07) is 4.77. The molecule has 32 heavy (non-hydrogen) atoms. The first-order valence-electron chi connectivity index (χ1n) is 9.36. The van der Waals surface area contributed by atoms with Gasteiger partial charge in [-0.15, -0.1) is 0 Å². The number of anilines is 1. The third kappa shape index (κ3) is 4.60. The van der Waals surface area contributed by atoms with Gasteiger partial charge in [0.1, 0.15) is 18.2 Å². The van der Waals surface area contributed by atoms with Gasteiger partial charge in [0.05, 0.1) is 16.6 Å². The molecule has 0 radical (unpaired) electrons. The van der Waals surface area contributed by atoms with Gasteiger partial charge in [-0.3, -0.25) is 0 Å². The first-order valence-corrected chi connectivity index (χ1v) is 10.9. The van der Waals surface area contributed by atoms with Crippen LogP contribution < -0.4 is 5.32 Å². The summed E-state index contributed by atoms with van der Waals surface area (Å²) in [5.41, 5.74) is -3.74. The summed E-state index contributed by atoms with van der Waals surface area (Å²) in [4.78, 5) is 11.6. The Kier molecular flexibility index (Phi) is 6.58. The number of phenolic OH excluding ortho intramolecular Hbond substituents is 1. The molecule has 1 aliphatic heterocycles. The van der Waals surface area contributed by atoms with Gasteiger partial charge in [0.25, 0.3) is 0 Å². The van der Waals surface area contributed by atoms with E-state index in [0.29, 0.717) is 15.6 Å². The van der Waals surface area contributed by atoms with Gasteiger partial charge in [-0.05, 0) is 68.0 Å². The quantitative estimate of drug-likeness (QED) is 0.295. The van der Waals surface area contributed by atoms with Crippen molar-refractivity contribution in [2.24, 2.45) is 0 Å². The van der Waals surface area contributed by atoms with E-state index in [1.165, 1.54) is 26.0 Å². The van der Waals surface area contributed by atoms with Crippen molar-refractivity contribution in [1.82, 2.24) is 0 Å². The van der Waals surface area contributed by atoms with Crippen LogP contribution in [0.25, 0.3) is 0 Å². The molecule has 5 nitrogen and oxygen atoms in total. The van der Waals surface area contributed by atoms with Crippen LogP contribution in [0.3, 0.4) is 0 Å². The number of hydrogen-bond donors (Lipinski definition) is 3. The van der Waals surface area contributed by atoms with E-state index < -0.39 is 47.7 Å². The highest BCUT2D eigenvalue weighted by Crippen LogP contribution is 2.45. The number of esters is 1. The van der Waals surface area contributed by atoms with Crippen molar-refractivity contribution in [3.05, 3.63) is 55.7 Å². The summed E-state index contributed by atoms with van der Waals surface area (Å²) in [6.07, 6.45) is -5.91. The van der Waals surface area contributed by atoms with Gasteiger partial charge in [-0.25, -0.2) is 9.18 Å². The van der Waals surface area contributed by atoms with Crippen LogP contribution >= 0.6 is 31.9 Å². The van der Waals surface area contributed by atoms with Crippen molar-refractivity contribution >= 4 is 43.5 Å². The van der Waals surface area contributed by atoms with Crippen molar-refractivity contribution in [2.75, 3.05) is 11.9 Å². The molecule has 0 spiro atoms. The normalized spacial score (nSPS) is 15.8. The van der Waals surface area contributed by atoms with E-state index in [2.05, 4.69) is 37.2 Å². The Hall–Kier alpha value is -1.85. The maximum absolute atomic E-state index is 14.0. The highest BCUT2D eigenvalue weighted by Gasteiger charge is 2.56. The van der Waals surface area contributed by atoms with Crippen LogP contribution in [0.15, 0.2) is 33.2 Å². The molecule has 11 heteroatoms. The number of fused-ring (bicyclic) bond motifs is 1. The van der Waals surface area contributed by atoms with E-state index in [-0.39, 0.29) is 22.3 Å². The summed E-state index contributed by atoms with van der Waals surface area (Å²) < 4.78 is 61.1. The molecule has 1 unspecified atom stereocenters. The smallest absolute Gasteiger partial charge is 0.418 e. The Bertz CT molecular complexity index is 1070. The molecule has 1 heterocycles. The van der Waals surface area contributed by atoms with Crippen LogP contribution in [0, 0.1) is 5.82 Å². The summed E-state index contributed by atoms with van der Waals surface area (Å²) in [7, 11) is 0. The minimum absolute atomic E-state index is 0.00640. The zero-order valence-electron chi connectivity index (χ0n) is 16.9. The Morgan fingerprint density at radius 2 is 1.84 bits per heavy atom. The second kappa shape index (κ2) is 8.49. The standard InChI is InChI=1S/C21H19Br2F4NO4/c1-19(2,13-5-10(24)6-14(22)17(13)29)8-20(31,21(25,26)27)9-28-15-4-3-11-12(16(15)23)7-32-18(11)30/h3-6,28-29,31H,7-9H2,1-2H3. The van der Waals surface area contributed by atoms with Crippen LogP contribution in [0.4, 0.5) is 23.2 Å². The molecule has 0 saturated heterocycles. The number of phenols is 1. The van der Waals surface area contributed by atoms with E-state index in [9.17, 15) is 32.6 Å². The number of rotatable bonds is 6. The number of carbonyl (C=O) groups is 1. The molecule has 0 aliphatic carbocycles. The number of nitrogens with one attached hydrogen (secondary N) is 1. The number of aromatic hydroxyl groups is 1. The van der Waals surface area contributed by atoms with Gasteiger partial charge in [-0.2, -0.15) is 13.2 Å². The van der Waals surface area contributed by atoms with Crippen molar-refractivity contribution in [3.63, 3.8) is 0 Å². The molecular weight excluding hydrogens is 566 g/mol. The van der Waals surface area contributed by atoms with Crippen molar-refractivity contribution in [2.45, 2.75) is 44.1 Å². The predicted octanol–water partition coefficient (Wildman–Crippen LogP) is 5.80. The van der Waals surface area contributed by atoms with E-state index in [4.69, 9.17) is 4.74 Å². The van der Waals surface area contributed by atoms with Gasteiger partial charge in [0.15, 0.2) is 5.60 Å². The highest BCUT2D eigenvalue weighted by molar-refractivity contribution is 9.11. The van der Waals surface area contributed by atoms with Crippen LogP contribution in [-0.4, -0.2) is 34.5 Å². The molecule has 3 N–H and O–H groups in total. The van der Waals surface area contributed by atoms with Crippen molar-refractivity contribution < 1.29 is 37.3 Å². The van der Waals surface area contributed by atoms with Crippen molar-refractivity contribution in [3.8, 4) is 5.75 Å². The number of alkyl halides is 3. The third-order valence-electron chi connectivity index (χ3n) is 5.40. The van der Waals surface area contributed by atoms with Gasteiger partial charge in [0, 0.05) is 21.3 Å². The first kappa shape index (κ1) is 24.8. The topological polar surface area (TPSA) is 78.8 Å². The number of cyclic esters (lactones) is 1. The van der Waals surface area contributed by atoms with E-state index in [1.807, 2.05) is 0 Å². The van der Waals surface area contributed by atoms with Gasteiger partial charge in [-0.1, -0.05) is 13.8 Å². The number of ether oxygens (including phenoxy) is 1. The minimum Gasteiger partial charge on any atom is -0.506 e. The number of hydrogen-bond acceptors (Lipinski definition) is 5. The van der Waals surface area contributed by atoms with Crippen LogP contribution in [0.5, 0.6) is 5.75 Å². The van der Waals surface area contributed by atoms with Crippen LogP contribution in [-0.2, 0) is 16.8 Å². The average molecular weight is 585 g/mol. The molecule has 1 aliphatic rings. The lowest BCUT2D eigenvalue weighted by molar-refractivity contribution is -0.260. The fourth-order valence-corrected chi connectivity index (χ4v) is 4.75. The van der Waals surface area contributed by atoms with Crippen molar-refractivity contribution in [1.29, 1.82) is 0 Å². The second-order valence-corrected chi connectivity index (χ2v) is 9.90. The van der Waals surface area contributed by atoms with E-state index in [1.54, 1.807) is 0 Å². The Morgan fingerprint density at radius 1 is 1.19 bits per heavy atom. The molecule has 2 aromatic rings. The SMILES string of the molecule is CC(C)(CC(O)(CNc1ccc2c(c1Br)COC2=O)C(F)(F)F)c1cc(F)cc(Br)c1O. The molecule has 0 fully saturated rings. The Balaban J connectivity index is 1.91. The molecule has 0 aromatic heterocycles. The lowest BCUT2D eigenvalue weighted by Crippen LogP contribution is -2.53. The molecule has 2 aromatic carbocycles. The molecule has 3 rings (SSSR count). The molecular formula is C21H19Br2F4NO4. The summed E-state index contributed by atoms with van der Waals surface area (Å²) in [6.45, 7) is 1.80. The number of carbonyl (C=O) groups excluding carboxylic acids is 1. The molecule has 0 saturated carbocycles. The van der Waals surface area contributed by atoms with Gasteiger partial charge >= 0.3 is 12.1 Å². The summed E-state index contributed by atoms with van der Waals surface area (Å²) in [5.74, 6) is -1.67. The maximum atomic E-state index is 14.0. The fourth-order valence-electron chi connectivity index (χ4n) is 3.72. The third-order valence-corrected chi connectivity index (χ3v) is 6.91. The molecule has 0 amide bonds. The minimum atomic E-state index is -5.04. The number of halogens is 6. The van der Waals surface area contributed by atoms with Gasteiger partial charge < -0.3 is 20.3 Å². The first-order chi connectivity index (χ1) is 14.7. The van der Waals surface area contributed by atoms with Crippen LogP contribution in [0.2, 0.25) is 0 Å². The molecule has 1 atom stereocenters. The molecule has 0 bridgehead atoms. The lowest BCUT2D eigenvalue weighted by atomic mass is 9.74. The fraction of sp³-hybridized carbons (Fsp3) is 0.381. The second-order valence-electron chi connectivity index (χ2n) is 8.26. The lowest BCUT2D eigenvalue weighted by Gasteiger charge is -2.38. The number of benzene rings is 2. The zero-order valence-corrected chi connectivity index (χ0v) is 20.1. The van der Waals surface area contributed by atoms with Gasteiger partial charge in [0.2, 0.25) is 0 Å². The molecule has 174 valence electrons. The van der Waals surface area contributed by atoms with E-state index in [0.717, 1.165) is 12.1 Å². The largest absolute Gasteiger partial charge is 0.506 e. The highest BCUT2D eigenvalue weighted by atomic mass is 79.9. The zero-order chi connectivity index (χ0) is 24.1. The summed E-state index contributed by atoms with van der Waals surface area (Å²) >= 11 is 6.24. The predicted molar refractivity (Wildman–Crippen MR) is 116 cm³/mol. The van der Waals surface area contributed by atoms with Crippen LogP contribution in [0.1, 0.15) is 41.8 Å². The average Bonchev–Trinajstić information content (AvgIpc) is 3.04. The van der Waals surface area contributed by atoms with E-state index >= 15 is 0 Å². The Labute approximate surface area is 198 Å². The monoisotopic (exact) mass is 583 g/mol. The summed E-state index contributed by atoms with van der Waals surface area (Å²) in [5, 5.41) is 23.6. The maximum Gasteiger partial charge on any atom is 0.418 e.